The van der Waals surface area contributed by atoms with Gasteiger partial charge in [0.25, 0.3) is 0 Å². The number of allylic oxidation sites excluding steroid dienone is 1. The maximum absolute atomic E-state index is 6.59. The number of hydrogen-bond donors (Lipinski definition) is 0. The Morgan fingerprint density at radius 1 is 0.473 bits per heavy atom. The summed E-state index contributed by atoms with van der Waals surface area (Å²) in [7, 11) is 0. The Bertz CT molecular complexity index is 3200. The lowest BCUT2D eigenvalue weighted by Crippen LogP contribution is -2.13. The van der Waals surface area contributed by atoms with Gasteiger partial charge < -0.3 is 8.83 Å². The summed E-state index contributed by atoms with van der Waals surface area (Å²) in [5, 5.41) is 5.25. The normalized spacial score (nSPS) is 14.6. The van der Waals surface area contributed by atoms with Crippen molar-refractivity contribution in [1.82, 2.24) is 4.98 Å². The molecule has 0 saturated heterocycles. The number of rotatable bonds is 5. The van der Waals surface area contributed by atoms with Crippen LogP contribution in [-0.2, 0) is 0 Å². The van der Waals surface area contributed by atoms with Gasteiger partial charge in [0.05, 0.1) is 22.3 Å². The molecular weight excluding hydrogens is 673 g/mol. The predicted octanol–water partition coefficient (Wildman–Crippen LogP) is 13.6. The number of furan rings is 2. The highest BCUT2D eigenvalue weighted by molar-refractivity contribution is 6.20. The molecule has 1 atom stereocenters. The molecular formula is C51H32N2O2. The highest BCUT2D eigenvalue weighted by Gasteiger charge is 2.27. The second-order valence-electron chi connectivity index (χ2n) is 14.1. The topological polar surface area (TPSA) is 51.5 Å². The third kappa shape index (κ3) is 5.07. The maximum Gasteiger partial charge on any atom is 0.147 e. The van der Waals surface area contributed by atoms with Gasteiger partial charge in [-0.05, 0) is 81.4 Å². The van der Waals surface area contributed by atoms with E-state index >= 15 is 0 Å². The molecule has 10 aromatic rings. The Kier molecular flexibility index (Phi) is 7.04. The highest BCUT2D eigenvalue weighted by Crippen LogP contribution is 2.45. The Balaban J connectivity index is 1.02. The number of para-hydroxylation sites is 2. The number of benzene rings is 7. The van der Waals surface area contributed by atoms with E-state index in [0.29, 0.717) is 0 Å². The molecule has 7 aromatic carbocycles. The van der Waals surface area contributed by atoms with Crippen LogP contribution in [0.3, 0.4) is 0 Å². The average molecular weight is 705 g/mol. The van der Waals surface area contributed by atoms with Gasteiger partial charge in [-0.1, -0.05) is 140 Å². The van der Waals surface area contributed by atoms with Crippen LogP contribution in [0.4, 0.5) is 0 Å². The average Bonchev–Trinajstić information content (AvgIpc) is 3.83. The fourth-order valence-corrected chi connectivity index (χ4v) is 8.24. The summed E-state index contributed by atoms with van der Waals surface area (Å²) in [6.45, 7) is 4.70. The number of pyridine rings is 1. The van der Waals surface area contributed by atoms with Gasteiger partial charge >= 0.3 is 0 Å². The predicted molar refractivity (Wildman–Crippen MR) is 226 cm³/mol. The van der Waals surface area contributed by atoms with Crippen molar-refractivity contribution >= 4 is 66.1 Å². The van der Waals surface area contributed by atoms with E-state index < -0.39 is 0 Å². The van der Waals surface area contributed by atoms with Crippen molar-refractivity contribution in [3.8, 4) is 22.4 Å². The molecule has 11 rings (SSSR count). The van der Waals surface area contributed by atoms with Gasteiger partial charge in [-0.3, -0.25) is 4.99 Å². The van der Waals surface area contributed by atoms with Crippen LogP contribution in [0.5, 0.6) is 0 Å². The highest BCUT2D eigenvalue weighted by atomic mass is 16.3. The molecule has 3 aromatic heterocycles. The summed E-state index contributed by atoms with van der Waals surface area (Å²) < 4.78 is 12.9. The Labute approximate surface area is 317 Å². The summed E-state index contributed by atoms with van der Waals surface area (Å²) in [6, 6.07) is 58.4. The second kappa shape index (κ2) is 12.4. The first-order valence-corrected chi connectivity index (χ1v) is 18.5. The van der Waals surface area contributed by atoms with Gasteiger partial charge in [-0.2, -0.15) is 0 Å². The zero-order valence-corrected chi connectivity index (χ0v) is 29.7. The van der Waals surface area contributed by atoms with E-state index in [9.17, 15) is 0 Å². The van der Waals surface area contributed by atoms with Gasteiger partial charge in [-0.25, -0.2) is 4.98 Å². The quantitative estimate of drug-likeness (QED) is 0.179. The minimum Gasteiger partial charge on any atom is -0.456 e. The van der Waals surface area contributed by atoms with Crippen LogP contribution in [0.15, 0.2) is 202 Å². The molecule has 1 aliphatic rings. The van der Waals surface area contributed by atoms with E-state index in [2.05, 4.69) is 133 Å². The van der Waals surface area contributed by atoms with Crippen molar-refractivity contribution in [3.63, 3.8) is 0 Å². The van der Waals surface area contributed by atoms with Crippen LogP contribution in [0.1, 0.15) is 22.7 Å². The van der Waals surface area contributed by atoms with Gasteiger partial charge in [0, 0.05) is 27.1 Å². The van der Waals surface area contributed by atoms with Crippen LogP contribution in [0, 0.1) is 0 Å². The van der Waals surface area contributed by atoms with Crippen LogP contribution >= 0.6 is 0 Å². The molecule has 0 aliphatic carbocycles. The monoisotopic (exact) mass is 704 g/mol. The van der Waals surface area contributed by atoms with E-state index in [0.717, 1.165) is 111 Å². The second-order valence-corrected chi connectivity index (χ2v) is 14.1. The molecule has 55 heavy (non-hydrogen) atoms. The molecule has 0 N–H and O–H groups in total. The molecule has 0 saturated carbocycles. The van der Waals surface area contributed by atoms with E-state index in [1.807, 2.05) is 42.5 Å². The number of hydrogen-bond acceptors (Lipinski definition) is 4. The molecule has 4 nitrogen and oxygen atoms in total. The molecule has 1 aliphatic heterocycles. The molecule has 0 fully saturated rings. The zero-order chi connectivity index (χ0) is 36.5. The van der Waals surface area contributed by atoms with Crippen LogP contribution in [-0.4, -0.2) is 10.7 Å². The van der Waals surface area contributed by atoms with Crippen molar-refractivity contribution in [2.24, 2.45) is 4.99 Å². The molecule has 1 unspecified atom stereocenters. The first-order chi connectivity index (χ1) is 27.2. The van der Waals surface area contributed by atoms with Crippen molar-refractivity contribution in [2.75, 3.05) is 0 Å². The molecule has 4 heterocycles. The van der Waals surface area contributed by atoms with Crippen molar-refractivity contribution in [1.29, 1.82) is 0 Å². The first-order valence-electron chi connectivity index (χ1n) is 18.5. The molecule has 4 heteroatoms. The summed E-state index contributed by atoms with van der Waals surface area (Å²) in [4.78, 5) is 10.5. The lowest BCUT2D eigenvalue weighted by molar-refractivity contribution is 0.668. The number of aliphatic imine (C=N–C) groups is 1. The third-order valence-electron chi connectivity index (χ3n) is 10.9. The Hall–Kier alpha value is -7.30. The third-order valence-corrected chi connectivity index (χ3v) is 10.9. The molecule has 0 spiro atoms. The smallest absolute Gasteiger partial charge is 0.147 e. The largest absolute Gasteiger partial charge is 0.456 e. The number of dihydropyridines is 1. The minimum atomic E-state index is -0.292. The van der Waals surface area contributed by atoms with Crippen LogP contribution < -0.4 is 0 Å². The van der Waals surface area contributed by atoms with Crippen LogP contribution in [0.25, 0.3) is 82.7 Å². The number of nitrogens with zero attached hydrogens (tertiary/aromatic N) is 2. The molecule has 0 bridgehead atoms. The van der Waals surface area contributed by atoms with E-state index in [1.54, 1.807) is 0 Å². The van der Waals surface area contributed by atoms with E-state index in [4.69, 9.17) is 25.4 Å². The zero-order valence-electron chi connectivity index (χ0n) is 29.7. The summed E-state index contributed by atoms with van der Waals surface area (Å²) >= 11 is 0. The lowest BCUT2D eigenvalue weighted by atomic mass is 9.84. The summed E-state index contributed by atoms with van der Waals surface area (Å²) in [5.41, 5.74) is 14.7. The van der Waals surface area contributed by atoms with Crippen LogP contribution in [0.2, 0.25) is 0 Å². The molecule has 258 valence electrons. The number of fused-ring (bicyclic) bond motifs is 8. The fourth-order valence-electron chi connectivity index (χ4n) is 8.24. The standard InChI is InChI=1S/C51H32N2O2/c1-31-40(30-43(34-13-4-2-5-14-34)53-49(31)39-19-12-22-46-47(39)38-18-9-11-21-44(38)54-46)33-25-23-32(24-26-33)36-27-28-45-41(29-36)48-50(35-15-6-3-7-16-35)52-42-20-10-8-17-37(42)51(48)55-45/h2-30,49H,1H2. The first kappa shape index (κ1) is 31.2. The summed E-state index contributed by atoms with van der Waals surface area (Å²) in [5.74, 6) is 0. The maximum atomic E-state index is 6.59. The van der Waals surface area contributed by atoms with Gasteiger partial charge in [0.2, 0.25) is 0 Å². The molecule has 0 amide bonds. The van der Waals surface area contributed by atoms with Crippen molar-refractivity contribution in [2.45, 2.75) is 6.04 Å². The molecule has 0 radical (unpaired) electrons. The summed E-state index contributed by atoms with van der Waals surface area (Å²) in [6.07, 6.45) is 2.18. The lowest BCUT2D eigenvalue weighted by Gasteiger charge is -2.25. The Morgan fingerprint density at radius 3 is 1.95 bits per heavy atom. The minimum absolute atomic E-state index is 0.292. The fraction of sp³-hybridized carbons (Fsp3) is 0.0196. The van der Waals surface area contributed by atoms with E-state index in [-0.39, 0.29) is 6.04 Å². The van der Waals surface area contributed by atoms with Gasteiger partial charge in [0.15, 0.2) is 0 Å². The van der Waals surface area contributed by atoms with Crippen molar-refractivity contribution < 1.29 is 8.83 Å². The van der Waals surface area contributed by atoms with E-state index in [1.165, 1.54) is 0 Å². The van der Waals surface area contributed by atoms with Gasteiger partial charge in [-0.15, -0.1) is 0 Å². The Morgan fingerprint density at radius 2 is 1.13 bits per heavy atom. The van der Waals surface area contributed by atoms with Gasteiger partial charge in [0.1, 0.15) is 28.4 Å². The van der Waals surface area contributed by atoms with Crippen molar-refractivity contribution in [3.05, 3.63) is 205 Å². The SMILES string of the molecule is C=C1C(c2ccc(-c3ccc4oc5c6ccccc6nc(-c6ccccc6)c5c4c3)cc2)=CC(c2ccccc2)=NC1c1cccc2oc3ccccc3c12. The number of aromatic nitrogens is 1.